The number of ether oxygens (including phenoxy) is 2. The summed E-state index contributed by atoms with van der Waals surface area (Å²) >= 11 is 0. The summed E-state index contributed by atoms with van der Waals surface area (Å²) < 4.78 is 34.3. The van der Waals surface area contributed by atoms with Gasteiger partial charge in [0.05, 0.1) is 30.0 Å². The van der Waals surface area contributed by atoms with E-state index < -0.39 is 20.7 Å². The lowest BCUT2D eigenvalue weighted by Crippen LogP contribution is -2.10. The molecule has 0 N–H and O–H groups in total. The van der Waals surface area contributed by atoms with Gasteiger partial charge in [0.25, 0.3) is 5.69 Å². The lowest BCUT2D eigenvalue weighted by molar-refractivity contribution is -0.385. The number of carbonyl (C=O) groups excluding carboxylic acids is 1. The smallest absolute Gasteiger partial charge is 0.330 e. The highest BCUT2D eigenvalue weighted by molar-refractivity contribution is 7.91. The molecular weight excluding hydrogens is 400 g/mol. The van der Waals surface area contributed by atoms with E-state index in [-0.39, 0.29) is 28.6 Å². The summed E-state index contributed by atoms with van der Waals surface area (Å²) in [6.07, 6.45) is 4.62. The summed E-state index contributed by atoms with van der Waals surface area (Å²) in [7, 11) is -2.24. The van der Waals surface area contributed by atoms with Gasteiger partial charge in [-0.15, -0.1) is 0 Å². The highest BCUT2D eigenvalue weighted by atomic mass is 32.2. The van der Waals surface area contributed by atoms with Gasteiger partial charge in [-0.1, -0.05) is 6.07 Å². The molecule has 154 valence electrons. The molecule has 0 aliphatic rings. The van der Waals surface area contributed by atoms with Gasteiger partial charge in [-0.3, -0.25) is 10.1 Å². The normalized spacial score (nSPS) is 11.3. The first-order valence-corrected chi connectivity index (χ1v) is 10.3. The summed E-state index contributed by atoms with van der Waals surface area (Å²) in [4.78, 5) is 25.6. The molecule has 1 aromatic heterocycles. The zero-order chi connectivity index (χ0) is 21.3. The van der Waals surface area contributed by atoms with Crippen LogP contribution in [0, 0.1) is 10.1 Å². The molecule has 0 atom stereocenters. The van der Waals surface area contributed by atoms with Crippen molar-refractivity contribution in [1.82, 2.24) is 4.98 Å². The van der Waals surface area contributed by atoms with Crippen LogP contribution in [0.5, 0.6) is 5.75 Å². The molecule has 0 saturated heterocycles. The van der Waals surface area contributed by atoms with Gasteiger partial charge < -0.3 is 9.47 Å². The number of pyridine rings is 1. The van der Waals surface area contributed by atoms with E-state index in [4.69, 9.17) is 4.74 Å². The van der Waals surface area contributed by atoms with E-state index in [1.165, 1.54) is 43.6 Å². The highest BCUT2D eigenvalue weighted by Crippen LogP contribution is 2.25. The van der Waals surface area contributed by atoms with Crippen molar-refractivity contribution in [2.75, 3.05) is 19.5 Å². The first-order valence-electron chi connectivity index (χ1n) is 8.64. The Labute approximate surface area is 168 Å². The minimum absolute atomic E-state index is 0.0401. The van der Waals surface area contributed by atoms with Crippen LogP contribution < -0.4 is 4.74 Å². The molecule has 0 aliphatic heterocycles. The number of aromatic nitrogens is 1. The second kappa shape index (κ2) is 10.3. The van der Waals surface area contributed by atoms with Crippen LogP contribution in [0.1, 0.15) is 18.4 Å². The van der Waals surface area contributed by atoms with Crippen molar-refractivity contribution in [2.45, 2.75) is 17.9 Å². The number of nitrogens with zero attached hydrogens (tertiary/aromatic N) is 2. The van der Waals surface area contributed by atoms with Crippen LogP contribution in [0.3, 0.4) is 0 Å². The Hall–Kier alpha value is -3.27. The Morgan fingerprint density at radius 1 is 1.24 bits per heavy atom. The molecule has 0 fully saturated rings. The lowest BCUT2D eigenvalue weighted by atomic mass is 10.1. The van der Waals surface area contributed by atoms with Gasteiger partial charge in [0.2, 0.25) is 0 Å². The second-order valence-corrected chi connectivity index (χ2v) is 7.93. The Kier molecular flexibility index (Phi) is 7.84. The van der Waals surface area contributed by atoms with Crippen molar-refractivity contribution in [3.63, 3.8) is 0 Å². The fraction of sp³-hybridized carbons (Fsp3) is 0.263. The number of hydrogen-bond donors (Lipinski definition) is 0. The van der Waals surface area contributed by atoms with Crippen LogP contribution in [-0.2, 0) is 19.4 Å². The number of benzene rings is 1. The number of nitro benzene ring substituents is 1. The average molecular weight is 420 g/mol. The molecule has 2 aromatic rings. The molecule has 9 nitrogen and oxygen atoms in total. The third-order valence-corrected chi connectivity index (χ3v) is 5.53. The third kappa shape index (κ3) is 6.68. The van der Waals surface area contributed by atoms with E-state index in [0.717, 1.165) is 6.08 Å². The molecule has 0 spiro atoms. The molecule has 0 saturated carbocycles. The van der Waals surface area contributed by atoms with E-state index in [1.807, 2.05) is 0 Å². The Bertz CT molecular complexity index is 989. The Morgan fingerprint density at radius 2 is 2.03 bits per heavy atom. The first-order chi connectivity index (χ1) is 13.8. The van der Waals surface area contributed by atoms with Crippen molar-refractivity contribution in [3.05, 3.63) is 64.3 Å². The fourth-order valence-corrected chi connectivity index (χ4v) is 3.67. The van der Waals surface area contributed by atoms with E-state index in [9.17, 15) is 23.3 Å². The van der Waals surface area contributed by atoms with Gasteiger partial charge in [0.1, 0.15) is 5.75 Å². The van der Waals surface area contributed by atoms with Crippen LogP contribution in [0.25, 0.3) is 6.08 Å². The number of sulfone groups is 1. The van der Waals surface area contributed by atoms with Crippen LogP contribution in [0.2, 0.25) is 0 Å². The van der Waals surface area contributed by atoms with Gasteiger partial charge in [-0.2, -0.15) is 0 Å². The number of unbranched alkanes of at least 4 members (excludes halogenated alkanes) is 1. The zero-order valence-electron chi connectivity index (χ0n) is 15.7. The quantitative estimate of drug-likeness (QED) is 0.189. The number of methoxy groups -OCH3 is 1. The molecule has 0 aliphatic carbocycles. The zero-order valence-corrected chi connectivity index (χ0v) is 16.5. The molecule has 0 amide bonds. The van der Waals surface area contributed by atoms with Crippen molar-refractivity contribution in [3.8, 4) is 5.75 Å². The van der Waals surface area contributed by atoms with Gasteiger partial charge in [-0.05, 0) is 43.2 Å². The molecule has 10 heteroatoms. The maximum absolute atomic E-state index is 12.2. The number of carbonyl (C=O) groups is 1. The molecule has 2 rings (SSSR count). The first kappa shape index (κ1) is 22.0. The van der Waals surface area contributed by atoms with E-state index in [2.05, 4.69) is 9.72 Å². The maximum atomic E-state index is 12.2. The number of hydrogen-bond acceptors (Lipinski definition) is 8. The summed E-state index contributed by atoms with van der Waals surface area (Å²) in [5.41, 5.74) is 0.00888. The molecule has 0 unspecified atom stereocenters. The minimum atomic E-state index is -3.44. The van der Waals surface area contributed by atoms with Crippen LogP contribution >= 0.6 is 0 Å². The summed E-state index contributed by atoms with van der Waals surface area (Å²) in [5.74, 6) is -0.326. The Morgan fingerprint density at radius 3 is 2.69 bits per heavy atom. The highest BCUT2D eigenvalue weighted by Gasteiger charge is 2.15. The van der Waals surface area contributed by atoms with E-state index >= 15 is 0 Å². The van der Waals surface area contributed by atoms with Crippen LogP contribution in [0.15, 0.2) is 53.7 Å². The van der Waals surface area contributed by atoms with Crippen molar-refractivity contribution < 1.29 is 27.6 Å². The predicted molar refractivity (Wildman–Crippen MR) is 105 cm³/mol. The summed E-state index contributed by atoms with van der Waals surface area (Å²) in [6.45, 7) is 0.232. The third-order valence-electron chi connectivity index (χ3n) is 3.83. The van der Waals surface area contributed by atoms with Gasteiger partial charge in [0, 0.05) is 18.3 Å². The number of esters is 1. The molecule has 29 heavy (non-hydrogen) atoms. The summed E-state index contributed by atoms with van der Waals surface area (Å²) in [5, 5.41) is 11.2. The molecular formula is C19H20N2O7S. The van der Waals surface area contributed by atoms with Crippen LogP contribution in [0.4, 0.5) is 5.69 Å². The van der Waals surface area contributed by atoms with Gasteiger partial charge >= 0.3 is 5.97 Å². The fourth-order valence-electron chi connectivity index (χ4n) is 2.37. The lowest BCUT2D eigenvalue weighted by Gasteiger charge is -2.08. The number of nitro groups is 1. The van der Waals surface area contributed by atoms with Crippen molar-refractivity contribution >= 4 is 27.6 Å². The minimum Gasteiger partial charge on any atom is -0.494 e. The van der Waals surface area contributed by atoms with E-state index in [0.29, 0.717) is 18.6 Å². The molecule has 0 bridgehead atoms. The number of rotatable bonds is 10. The van der Waals surface area contributed by atoms with Gasteiger partial charge in [-0.25, -0.2) is 18.2 Å². The topological polar surface area (TPSA) is 126 Å². The van der Waals surface area contributed by atoms with E-state index in [1.54, 1.807) is 12.1 Å². The van der Waals surface area contributed by atoms with Crippen molar-refractivity contribution in [2.24, 2.45) is 0 Å². The SMILES string of the molecule is COC(=O)C=Cc1cc(OCCCCS(=O)(=O)c2ccccn2)ccc1[N+](=O)[O-]. The monoisotopic (exact) mass is 420 g/mol. The van der Waals surface area contributed by atoms with Crippen LogP contribution in [-0.4, -0.2) is 43.8 Å². The standard InChI is InChI=1S/C19H20N2O7S/c1-27-19(22)10-7-15-14-16(8-9-17(15)21(23)24)28-12-4-5-13-29(25,26)18-6-2-3-11-20-18/h2-3,6-11,14H,4-5,12-13H2,1H3. The molecule has 1 aromatic carbocycles. The largest absolute Gasteiger partial charge is 0.494 e. The Balaban J connectivity index is 1.93. The molecule has 0 radical (unpaired) electrons. The average Bonchev–Trinajstić information content (AvgIpc) is 2.72. The predicted octanol–water partition coefficient (Wildman–Crippen LogP) is 2.81. The molecule has 1 heterocycles. The summed E-state index contributed by atoms with van der Waals surface area (Å²) in [6, 6.07) is 8.86. The second-order valence-electron chi connectivity index (χ2n) is 5.88. The maximum Gasteiger partial charge on any atom is 0.330 e. The van der Waals surface area contributed by atoms with Gasteiger partial charge in [0.15, 0.2) is 14.9 Å². The van der Waals surface area contributed by atoms with Crippen molar-refractivity contribution in [1.29, 1.82) is 0 Å².